The van der Waals surface area contributed by atoms with Gasteiger partial charge in [-0.15, -0.1) is 11.3 Å². The topological polar surface area (TPSA) is 29.5 Å². The van der Waals surface area contributed by atoms with Crippen LogP contribution < -0.4 is 0 Å². The molecule has 1 N–H and O–H groups in total. The molecule has 0 saturated heterocycles. The summed E-state index contributed by atoms with van der Waals surface area (Å²) in [6.07, 6.45) is 3.80. The second-order valence-corrected chi connectivity index (χ2v) is 5.43. The van der Waals surface area contributed by atoms with E-state index in [0.717, 1.165) is 31.2 Å². The monoisotopic (exact) mass is 226 g/mol. The van der Waals surface area contributed by atoms with E-state index in [1.54, 1.807) is 18.4 Å². The Morgan fingerprint density at radius 3 is 2.60 bits per heavy atom. The Morgan fingerprint density at radius 2 is 2.13 bits per heavy atom. The smallest absolute Gasteiger partial charge is 0.109 e. The molecule has 1 aromatic rings. The van der Waals surface area contributed by atoms with Gasteiger partial charge in [-0.25, -0.2) is 0 Å². The van der Waals surface area contributed by atoms with E-state index in [2.05, 4.69) is 6.92 Å². The van der Waals surface area contributed by atoms with E-state index in [-0.39, 0.29) is 5.60 Å². The third kappa shape index (κ3) is 1.84. The molecule has 2 rings (SSSR count). The molecule has 15 heavy (non-hydrogen) atoms. The number of hydrogen-bond acceptors (Lipinski definition) is 3. The third-order valence-electron chi connectivity index (χ3n) is 3.55. The van der Waals surface area contributed by atoms with Gasteiger partial charge in [-0.2, -0.15) is 0 Å². The number of hydrogen-bond donors (Lipinski definition) is 1. The molecule has 1 heterocycles. The highest BCUT2D eigenvalue weighted by Gasteiger charge is 2.42. The SMILES string of the molecule is COC1(C(O)c2ccsc2C)CCCC1. The summed E-state index contributed by atoms with van der Waals surface area (Å²) in [4.78, 5) is 1.20. The molecule has 0 amide bonds. The van der Waals surface area contributed by atoms with Crippen LogP contribution in [0.3, 0.4) is 0 Å². The van der Waals surface area contributed by atoms with E-state index in [0.29, 0.717) is 0 Å². The lowest BCUT2D eigenvalue weighted by Gasteiger charge is -2.33. The standard InChI is InChI=1S/C12H18O2S/c1-9-10(5-8-15-9)11(13)12(14-2)6-3-4-7-12/h5,8,11,13H,3-4,6-7H2,1-2H3. The van der Waals surface area contributed by atoms with Crippen molar-refractivity contribution in [1.29, 1.82) is 0 Å². The molecule has 1 aliphatic carbocycles. The van der Waals surface area contributed by atoms with Crippen molar-refractivity contribution in [2.45, 2.75) is 44.3 Å². The first-order chi connectivity index (χ1) is 7.19. The van der Waals surface area contributed by atoms with Crippen molar-refractivity contribution in [2.24, 2.45) is 0 Å². The first-order valence-electron chi connectivity index (χ1n) is 5.47. The number of aryl methyl sites for hydroxylation is 1. The molecule has 1 atom stereocenters. The molecule has 1 fully saturated rings. The summed E-state index contributed by atoms with van der Waals surface area (Å²) in [5.41, 5.74) is 0.718. The third-order valence-corrected chi connectivity index (χ3v) is 4.41. The van der Waals surface area contributed by atoms with E-state index in [9.17, 15) is 5.11 Å². The van der Waals surface area contributed by atoms with Crippen molar-refractivity contribution in [3.05, 3.63) is 21.9 Å². The molecule has 1 aliphatic rings. The Kier molecular flexibility index (Phi) is 3.14. The molecule has 1 unspecified atom stereocenters. The Labute approximate surface area is 94.9 Å². The Bertz CT molecular complexity index is 326. The minimum Gasteiger partial charge on any atom is -0.385 e. The van der Waals surface area contributed by atoms with Gasteiger partial charge in [0, 0.05) is 12.0 Å². The van der Waals surface area contributed by atoms with Gasteiger partial charge in [0.25, 0.3) is 0 Å². The number of methoxy groups -OCH3 is 1. The zero-order valence-electron chi connectivity index (χ0n) is 9.32. The average Bonchev–Trinajstić information content (AvgIpc) is 2.86. The van der Waals surface area contributed by atoms with Crippen LogP contribution >= 0.6 is 11.3 Å². The number of aliphatic hydroxyl groups is 1. The van der Waals surface area contributed by atoms with Gasteiger partial charge in [-0.05, 0) is 36.8 Å². The highest BCUT2D eigenvalue weighted by molar-refractivity contribution is 7.10. The fourth-order valence-electron chi connectivity index (χ4n) is 2.52. The largest absolute Gasteiger partial charge is 0.385 e. The molecular weight excluding hydrogens is 208 g/mol. The minimum absolute atomic E-state index is 0.328. The van der Waals surface area contributed by atoms with Crippen LogP contribution in [0.2, 0.25) is 0 Å². The van der Waals surface area contributed by atoms with Crippen molar-refractivity contribution in [3.63, 3.8) is 0 Å². The van der Waals surface area contributed by atoms with Crippen LogP contribution in [0.4, 0.5) is 0 Å². The minimum atomic E-state index is -0.462. The molecule has 2 nitrogen and oxygen atoms in total. The van der Waals surface area contributed by atoms with Crippen molar-refractivity contribution < 1.29 is 9.84 Å². The van der Waals surface area contributed by atoms with Crippen molar-refractivity contribution >= 4 is 11.3 Å². The summed E-state index contributed by atoms with van der Waals surface area (Å²) >= 11 is 1.69. The second kappa shape index (κ2) is 4.24. The molecule has 1 saturated carbocycles. The number of ether oxygens (including phenoxy) is 1. The van der Waals surface area contributed by atoms with E-state index in [1.165, 1.54) is 4.88 Å². The Hall–Kier alpha value is -0.380. The summed E-state index contributed by atoms with van der Waals surface area (Å²) in [5.74, 6) is 0. The molecule has 0 bridgehead atoms. The number of aliphatic hydroxyl groups excluding tert-OH is 1. The van der Waals surface area contributed by atoms with Crippen LogP contribution in [0.25, 0.3) is 0 Å². The first-order valence-corrected chi connectivity index (χ1v) is 6.35. The first kappa shape index (κ1) is 11.1. The van der Waals surface area contributed by atoms with Crippen LogP contribution in [0.1, 0.15) is 42.2 Å². The lowest BCUT2D eigenvalue weighted by atomic mass is 9.89. The van der Waals surface area contributed by atoms with Crippen LogP contribution in [-0.2, 0) is 4.74 Å². The normalized spacial score (nSPS) is 21.8. The highest BCUT2D eigenvalue weighted by Crippen LogP contribution is 2.43. The lowest BCUT2D eigenvalue weighted by Crippen LogP contribution is -2.35. The fraction of sp³-hybridized carbons (Fsp3) is 0.667. The quantitative estimate of drug-likeness (QED) is 0.858. The predicted molar refractivity (Wildman–Crippen MR) is 62.2 cm³/mol. The number of rotatable bonds is 3. The van der Waals surface area contributed by atoms with Crippen LogP contribution in [0.5, 0.6) is 0 Å². The lowest BCUT2D eigenvalue weighted by molar-refractivity contribution is -0.100. The predicted octanol–water partition coefficient (Wildman–Crippen LogP) is 3.05. The van der Waals surface area contributed by atoms with E-state index in [4.69, 9.17) is 4.74 Å². The molecule has 0 radical (unpaired) electrons. The van der Waals surface area contributed by atoms with Crippen molar-refractivity contribution in [2.75, 3.05) is 7.11 Å². The van der Waals surface area contributed by atoms with E-state index in [1.807, 2.05) is 11.4 Å². The maximum atomic E-state index is 10.4. The number of thiophene rings is 1. The van der Waals surface area contributed by atoms with Crippen LogP contribution in [0, 0.1) is 6.92 Å². The van der Waals surface area contributed by atoms with Gasteiger partial charge in [-0.3, -0.25) is 0 Å². The van der Waals surface area contributed by atoms with Crippen molar-refractivity contribution in [3.8, 4) is 0 Å². The second-order valence-electron chi connectivity index (χ2n) is 4.31. The maximum absolute atomic E-state index is 10.4. The molecule has 0 spiro atoms. The van der Waals surface area contributed by atoms with Gasteiger partial charge in [-0.1, -0.05) is 12.8 Å². The molecule has 1 aromatic heterocycles. The van der Waals surface area contributed by atoms with Gasteiger partial charge in [0.1, 0.15) is 6.10 Å². The Balaban J connectivity index is 2.26. The van der Waals surface area contributed by atoms with Crippen molar-refractivity contribution in [1.82, 2.24) is 0 Å². The molecule has 84 valence electrons. The summed E-state index contributed by atoms with van der Waals surface area (Å²) in [7, 11) is 1.72. The maximum Gasteiger partial charge on any atom is 0.109 e. The van der Waals surface area contributed by atoms with Gasteiger partial charge in [0.2, 0.25) is 0 Å². The molecule has 0 aromatic carbocycles. The van der Waals surface area contributed by atoms with Crippen LogP contribution in [-0.4, -0.2) is 17.8 Å². The summed E-state index contributed by atoms with van der Waals surface area (Å²) in [6, 6.07) is 2.02. The fourth-order valence-corrected chi connectivity index (χ4v) is 3.26. The summed E-state index contributed by atoms with van der Waals surface area (Å²) < 4.78 is 5.59. The van der Waals surface area contributed by atoms with Gasteiger partial charge in [0.15, 0.2) is 0 Å². The van der Waals surface area contributed by atoms with E-state index >= 15 is 0 Å². The van der Waals surface area contributed by atoms with E-state index < -0.39 is 6.10 Å². The molecule has 0 aliphatic heterocycles. The highest BCUT2D eigenvalue weighted by atomic mass is 32.1. The van der Waals surface area contributed by atoms with Gasteiger partial charge in [0.05, 0.1) is 5.60 Å². The average molecular weight is 226 g/mol. The molecular formula is C12H18O2S. The summed E-state index contributed by atoms with van der Waals surface area (Å²) in [6.45, 7) is 2.06. The molecule has 3 heteroatoms. The zero-order valence-corrected chi connectivity index (χ0v) is 10.1. The summed E-state index contributed by atoms with van der Waals surface area (Å²) in [5, 5.41) is 12.5. The Morgan fingerprint density at radius 1 is 1.47 bits per heavy atom. The zero-order chi connectivity index (χ0) is 10.9. The van der Waals surface area contributed by atoms with Crippen LogP contribution in [0.15, 0.2) is 11.4 Å². The van der Waals surface area contributed by atoms with Gasteiger partial charge < -0.3 is 9.84 Å². The van der Waals surface area contributed by atoms with Gasteiger partial charge >= 0.3 is 0 Å².